The Morgan fingerprint density at radius 1 is 0.854 bits per heavy atom. The molecule has 0 saturated carbocycles. The summed E-state index contributed by atoms with van der Waals surface area (Å²) in [6, 6.07) is 19.9. The molecule has 3 heterocycles. The van der Waals surface area contributed by atoms with Crippen LogP contribution in [-0.4, -0.2) is 70.9 Å². The van der Waals surface area contributed by atoms with Gasteiger partial charge in [-0.05, 0) is 24.3 Å². The first kappa shape index (κ1) is 26.3. The number of aromatic nitrogens is 3. The summed E-state index contributed by atoms with van der Waals surface area (Å²) >= 11 is 0. The maximum atomic E-state index is 13.7. The molecule has 0 amide bonds. The molecule has 3 aromatic carbocycles. The fraction of sp³-hybridized carbons (Fsp3) is 0.226. The number of ether oxygens (including phenoxy) is 2. The zero-order valence-corrected chi connectivity index (χ0v) is 22.8. The van der Waals surface area contributed by atoms with Gasteiger partial charge in [-0.15, -0.1) is 0 Å². The zero-order valence-electron chi connectivity index (χ0n) is 22.8. The number of hydrogen-bond donors (Lipinski definition) is 1. The second-order valence-electron chi connectivity index (χ2n) is 9.83. The van der Waals surface area contributed by atoms with Crippen LogP contribution in [0.3, 0.4) is 0 Å². The van der Waals surface area contributed by atoms with E-state index in [1.165, 1.54) is 0 Å². The lowest BCUT2D eigenvalue weighted by Gasteiger charge is -2.36. The number of pyridine rings is 1. The number of fused-ring (bicyclic) bond motifs is 2. The first-order valence-electron chi connectivity index (χ1n) is 13.3. The highest BCUT2D eigenvalue weighted by molar-refractivity contribution is 6.04. The SMILES string of the molecule is COc1cc2ncnc(N3CCN(Cc4c(C(=O)O)c5ccccc5c(=O)n4-c4ccccc4)CC3)c2cc1OC. The van der Waals surface area contributed by atoms with Crippen molar-refractivity contribution in [3.05, 3.63) is 94.7 Å². The molecule has 1 aliphatic rings. The molecule has 1 fully saturated rings. The number of carbonyl (C=O) groups is 1. The summed E-state index contributed by atoms with van der Waals surface area (Å²) < 4.78 is 12.5. The predicted molar refractivity (Wildman–Crippen MR) is 157 cm³/mol. The molecule has 1 saturated heterocycles. The molecule has 10 heteroatoms. The van der Waals surface area contributed by atoms with Crippen molar-refractivity contribution in [3.63, 3.8) is 0 Å². The fourth-order valence-electron chi connectivity index (χ4n) is 5.59. The van der Waals surface area contributed by atoms with Crippen molar-refractivity contribution >= 4 is 33.5 Å². The number of aromatic carboxylic acids is 1. The Kier molecular flexibility index (Phi) is 6.98. The second-order valence-corrected chi connectivity index (χ2v) is 9.83. The lowest BCUT2D eigenvalue weighted by Crippen LogP contribution is -2.47. The Morgan fingerprint density at radius 3 is 2.20 bits per heavy atom. The van der Waals surface area contributed by atoms with Gasteiger partial charge in [0, 0.05) is 60.6 Å². The van der Waals surface area contributed by atoms with Crippen LogP contribution in [0, 0.1) is 0 Å². The number of methoxy groups -OCH3 is 2. The van der Waals surface area contributed by atoms with E-state index in [0.29, 0.717) is 66.4 Å². The van der Waals surface area contributed by atoms with Crippen LogP contribution in [0.4, 0.5) is 5.82 Å². The molecule has 6 rings (SSSR count). The third-order valence-electron chi connectivity index (χ3n) is 7.58. The Labute approximate surface area is 236 Å². The highest BCUT2D eigenvalue weighted by atomic mass is 16.5. The predicted octanol–water partition coefficient (Wildman–Crippen LogP) is 3.97. The summed E-state index contributed by atoms with van der Waals surface area (Å²) in [5, 5.41) is 12.0. The largest absolute Gasteiger partial charge is 0.493 e. The van der Waals surface area contributed by atoms with Crippen molar-refractivity contribution in [1.82, 2.24) is 19.4 Å². The normalized spacial score (nSPS) is 14.0. The molecule has 1 N–H and O–H groups in total. The number of carboxylic acids is 1. The van der Waals surface area contributed by atoms with Crippen LogP contribution in [-0.2, 0) is 6.54 Å². The Morgan fingerprint density at radius 2 is 1.51 bits per heavy atom. The highest BCUT2D eigenvalue weighted by Crippen LogP contribution is 2.35. The van der Waals surface area contributed by atoms with Gasteiger partial charge in [-0.3, -0.25) is 14.3 Å². The van der Waals surface area contributed by atoms with E-state index in [9.17, 15) is 14.7 Å². The molecule has 0 unspecified atom stereocenters. The number of hydrogen-bond acceptors (Lipinski definition) is 8. The van der Waals surface area contributed by atoms with Gasteiger partial charge in [0.2, 0.25) is 0 Å². The third-order valence-corrected chi connectivity index (χ3v) is 7.58. The lowest BCUT2D eigenvalue weighted by molar-refractivity contribution is 0.0695. The topological polar surface area (TPSA) is 110 Å². The summed E-state index contributed by atoms with van der Waals surface area (Å²) in [6.45, 7) is 2.92. The number of benzene rings is 3. The van der Waals surface area contributed by atoms with Gasteiger partial charge < -0.3 is 19.5 Å². The van der Waals surface area contributed by atoms with Crippen molar-refractivity contribution in [2.24, 2.45) is 0 Å². The van der Waals surface area contributed by atoms with Crippen LogP contribution in [0.2, 0.25) is 0 Å². The number of anilines is 1. The van der Waals surface area contributed by atoms with Crippen LogP contribution in [0.25, 0.3) is 27.4 Å². The van der Waals surface area contributed by atoms with E-state index in [1.54, 1.807) is 49.4 Å². The number of carboxylic acid groups (broad SMARTS) is 1. The number of piperazine rings is 1. The standard InChI is InChI=1S/C31H29N5O5/c1-40-26-16-23-24(17-27(26)41-2)32-19-33-29(23)35-14-12-34(13-15-35)18-25-28(31(38)39)21-10-6-7-11-22(21)30(37)36(25)20-8-4-3-5-9-20/h3-11,16-17,19H,12-15,18H2,1-2H3,(H,38,39). The van der Waals surface area contributed by atoms with Crippen LogP contribution in [0.15, 0.2) is 77.9 Å². The van der Waals surface area contributed by atoms with Crippen LogP contribution in [0.1, 0.15) is 16.1 Å². The van der Waals surface area contributed by atoms with Crippen molar-refractivity contribution in [3.8, 4) is 17.2 Å². The minimum atomic E-state index is -1.06. The van der Waals surface area contributed by atoms with Gasteiger partial charge >= 0.3 is 5.97 Å². The summed E-state index contributed by atoms with van der Waals surface area (Å²) in [7, 11) is 3.19. The number of nitrogens with zero attached hydrogens (tertiary/aromatic N) is 5. The summed E-state index contributed by atoms with van der Waals surface area (Å²) in [6.07, 6.45) is 1.54. The van der Waals surface area contributed by atoms with E-state index in [-0.39, 0.29) is 11.1 Å². The van der Waals surface area contributed by atoms with Crippen LogP contribution in [0.5, 0.6) is 11.5 Å². The minimum Gasteiger partial charge on any atom is -0.493 e. The lowest BCUT2D eigenvalue weighted by atomic mass is 10.0. The van der Waals surface area contributed by atoms with Gasteiger partial charge in [0.1, 0.15) is 12.1 Å². The molecule has 208 valence electrons. The molecule has 2 aromatic heterocycles. The molecule has 5 aromatic rings. The minimum absolute atomic E-state index is 0.148. The Hall–Kier alpha value is -4.96. The van der Waals surface area contributed by atoms with Crippen molar-refractivity contribution in [1.29, 1.82) is 0 Å². The Balaban J connectivity index is 1.35. The average Bonchev–Trinajstić information content (AvgIpc) is 3.01. The van der Waals surface area contributed by atoms with Gasteiger partial charge in [-0.25, -0.2) is 14.8 Å². The molecule has 0 aliphatic carbocycles. The van der Waals surface area contributed by atoms with Crippen LogP contribution < -0.4 is 19.9 Å². The fourth-order valence-corrected chi connectivity index (χ4v) is 5.59. The van der Waals surface area contributed by atoms with E-state index in [1.807, 2.05) is 42.5 Å². The van der Waals surface area contributed by atoms with Crippen molar-refractivity contribution < 1.29 is 19.4 Å². The van der Waals surface area contributed by atoms with E-state index in [0.717, 1.165) is 16.7 Å². The summed E-state index contributed by atoms with van der Waals surface area (Å²) in [5.74, 6) is 0.944. The first-order valence-corrected chi connectivity index (χ1v) is 13.3. The molecule has 0 bridgehead atoms. The smallest absolute Gasteiger partial charge is 0.338 e. The molecule has 0 spiro atoms. The molecular formula is C31H29N5O5. The van der Waals surface area contributed by atoms with Gasteiger partial charge in [0.15, 0.2) is 11.5 Å². The zero-order chi connectivity index (χ0) is 28.5. The maximum absolute atomic E-state index is 13.7. The quantitative estimate of drug-likeness (QED) is 0.321. The summed E-state index contributed by atoms with van der Waals surface area (Å²) in [4.78, 5) is 39.8. The average molecular weight is 552 g/mol. The molecular weight excluding hydrogens is 522 g/mol. The second kappa shape index (κ2) is 10.9. The number of rotatable bonds is 7. The van der Waals surface area contributed by atoms with Gasteiger partial charge in [-0.1, -0.05) is 36.4 Å². The van der Waals surface area contributed by atoms with E-state index < -0.39 is 5.97 Å². The number of para-hydroxylation sites is 1. The molecule has 0 atom stereocenters. The highest BCUT2D eigenvalue weighted by Gasteiger charge is 2.27. The first-order chi connectivity index (χ1) is 20.0. The van der Waals surface area contributed by atoms with E-state index in [4.69, 9.17) is 9.47 Å². The molecule has 1 aliphatic heterocycles. The Bertz CT molecular complexity index is 1810. The third kappa shape index (κ3) is 4.72. The molecule has 0 radical (unpaired) electrons. The van der Waals surface area contributed by atoms with Crippen LogP contribution >= 0.6 is 0 Å². The maximum Gasteiger partial charge on any atom is 0.338 e. The van der Waals surface area contributed by atoms with Crippen molar-refractivity contribution in [2.75, 3.05) is 45.3 Å². The monoisotopic (exact) mass is 551 g/mol. The molecule has 41 heavy (non-hydrogen) atoms. The molecule has 10 nitrogen and oxygen atoms in total. The van der Waals surface area contributed by atoms with E-state index >= 15 is 0 Å². The van der Waals surface area contributed by atoms with Crippen molar-refractivity contribution in [2.45, 2.75) is 6.54 Å². The van der Waals surface area contributed by atoms with Gasteiger partial charge in [0.25, 0.3) is 5.56 Å². The van der Waals surface area contributed by atoms with Gasteiger partial charge in [0.05, 0.1) is 31.0 Å². The van der Waals surface area contributed by atoms with E-state index in [2.05, 4.69) is 19.8 Å². The van der Waals surface area contributed by atoms with Gasteiger partial charge in [-0.2, -0.15) is 0 Å². The summed E-state index contributed by atoms with van der Waals surface area (Å²) in [5.41, 5.74) is 1.77.